The Kier molecular flexibility index (Phi) is 6.54. The number of amides is 2. The van der Waals surface area contributed by atoms with Crippen LogP contribution < -0.4 is 19.7 Å². The third-order valence-corrected chi connectivity index (χ3v) is 7.38. The Morgan fingerprint density at radius 2 is 1.85 bits per heavy atom. The summed E-state index contributed by atoms with van der Waals surface area (Å²) in [6.07, 6.45) is 4.39. The number of carbonyl (C=O) groups excluding carboxylic acids is 2. The molecule has 0 radical (unpaired) electrons. The number of rotatable bonds is 7. The number of nitrogens with zero attached hydrogens (tertiary/aromatic N) is 1. The van der Waals surface area contributed by atoms with Crippen molar-refractivity contribution < 1.29 is 19.1 Å². The molecule has 2 aliphatic rings. The van der Waals surface area contributed by atoms with E-state index in [1.807, 2.05) is 54.8 Å². The molecule has 0 bridgehead atoms. The molecule has 3 aromatic rings. The summed E-state index contributed by atoms with van der Waals surface area (Å²) in [5, 5.41) is 5.19. The molecule has 0 saturated heterocycles. The number of hydrogen-bond acceptors (Lipinski definition) is 5. The minimum atomic E-state index is -0.797. The van der Waals surface area contributed by atoms with Crippen LogP contribution in [0.25, 0.3) is 0 Å². The SMILES string of the molecule is Cc1ccccc1C(C(=O)NC1CCCC1)N(C(=O)Cc1cccs1)c1ccc2c(c1)OCO2. The van der Waals surface area contributed by atoms with Crippen molar-refractivity contribution in [1.82, 2.24) is 5.32 Å². The van der Waals surface area contributed by atoms with Crippen molar-refractivity contribution in [1.29, 1.82) is 0 Å². The Balaban J connectivity index is 1.58. The summed E-state index contributed by atoms with van der Waals surface area (Å²) in [6.45, 7) is 2.12. The smallest absolute Gasteiger partial charge is 0.248 e. The largest absolute Gasteiger partial charge is 0.454 e. The van der Waals surface area contributed by atoms with Crippen molar-refractivity contribution in [2.24, 2.45) is 0 Å². The average molecular weight is 477 g/mol. The third-order valence-electron chi connectivity index (χ3n) is 6.50. The van der Waals surface area contributed by atoms with E-state index in [2.05, 4.69) is 5.32 Å². The number of ether oxygens (including phenoxy) is 2. The van der Waals surface area contributed by atoms with Gasteiger partial charge in [0.1, 0.15) is 6.04 Å². The lowest BCUT2D eigenvalue weighted by Gasteiger charge is -2.33. The highest BCUT2D eigenvalue weighted by Gasteiger charge is 2.35. The van der Waals surface area contributed by atoms with Crippen molar-refractivity contribution in [2.75, 3.05) is 11.7 Å². The van der Waals surface area contributed by atoms with Crippen LogP contribution in [0.15, 0.2) is 60.0 Å². The van der Waals surface area contributed by atoms with Gasteiger partial charge >= 0.3 is 0 Å². The van der Waals surface area contributed by atoms with Crippen LogP contribution in [-0.4, -0.2) is 24.6 Å². The zero-order valence-electron chi connectivity index (χ0n) is 19.2. The predicted molar refractivity (Wildman–Crippen MR) is 132 cm³/mol. The van der Waals surface area contributed by atoms with E-state index in [4.69, 9.17) is 9.47 Å². The molecule has 176 valence electrons. The van der Waals surface area contributed by atoms with Crippen molar-refractivity contribution in [3.63, 3.8) is 0 Å². The highest BCUT2D eigenvalue weighted by molar-refractivity contribution is 7.10. The molecule has 5 rings (SSSR count). The van der Waals surface area contributed by atoms with Gasteiger partial charge in [-0.05, 0) is 54.5 Å². The molecule has 34 heavy (non-hydrogen) atoms. The summed E-state index contributed by atoms with van der Waals surface area (Å²) in [7, 11) is 0. The molecule has 6 nitrogen and oxygen atoms in total. The van der Waals surface area contributed by atoms with Gasteiger partial charge < -0.3 is 14.8 Å². The van der Waals surface area contributed by atoms with Gasteiger partial charge in [-0.25, -0.2) is 0 Å². The quantitative estimate of drug-likeness (QED) is 0.511. The first kappa shape index (κ1) is 22.5. The van der Waals surface area contributed by atoms with Crippen molar-refractivity contribution >= 4 is 28.8 Å². The van der Waals surface area contributed by atoms with Crippen LogP contribution in [-0.2, 0) is 16.0 Å². The number of nitrogens with one attached hydrogen (secondary N) is 1. The molecule has 1 saturated carbocycles. The number of thiophene rings is 1. The molecule has 1 aromatic heterocycles. The molecule has 1 fully saturated rings. The summed E-state index contributed by atoms with van der Waals surface area (Å²) in [6, 6.07) is 16.4. The topological polar surface area (TPSA) is 67.9 Å². The van der Waals surface area contributed by atoms with Gasteiger partial charge in [-0.2, -0.15) is 0 Å². The Morgan fingerprint density at radius 1 is 1.06 bits per heavy atom. The van der Waals surface area contributed by atoms with Crippen molar-refractivity contribution in [3.05, 3.63) is 76.0 Å². The molecule has 1 aliphatic carbocycles. The molecular formula is C27H28N2O4S. The van der Waals surface area contributed by atoms with E-state index < -0.39 is 6.04 Å². The second-order valence-electron chi connectivity index (χ2n) is 8.81. The van der Waals surface area contributed by atoms with E-state index in [1.165, 1.54) is 11.3 Å². The van der Waals surface area contributed by atoms with Gasteiger partial charge in [-0.3, -0.25) is 14.5 Å². The van der Waals surface area contributed by atoms with Gasteiger partial charge in [0, 0.05) is 22.7 Å². The molecule has 1 N–H and O–H groups in total. The van der Waals surface area contributed by atoms with E-state index in [1.54, 1.807) is 17.0 Å². The van der Waals surface area contributed by atoms with E-state index in [0.29, 0.717) is 17.2 Å². The van der Waals surface area contributed by atoms with Gasteiger partial charge in [0.25, 0.3) is 0 Å². The molecule has 2 aromatic carbocycles. The second kappa shape index (κ2) is 9.89. The van der Waals surface area contributed by atoms with Gasteiger partial charge in [0.05, 0.1) is 6.42 Å². The maximum atomic E-state index is 13.9. The number of benzene rings is 2. The lowest BCUT2D eigenvalue weighted by Crippen LogP contribution is -2.47. The first-order valence-corrected chi connectivity index (χ1v) is 12.6. The first-order valence-electron chi connectivity index (χ1n) is 11.7. The lowest BCUT2D eigenvalue weighted by atomic mass is 9.97. The number of aryl methyl sites for hydroxylation is 1. The first-order chi connectivity index (χ1) is 16.6. The van der Waals surface area contributed by atoms with Crippen LogP contribution in [0.4, 0.5) is 5.69 Å². The highest BCUT2D eigenvalue weighted by atomic mass is 32.1. The summed E-state index contributed by atoms with van der Waals surface area (Å²) >= 11 is 1.54. The molecule has 1 aliphatic heterocycles. The lowest BCUT2D eigenvalue weighted by molar-refractivity contribution is -0.127. The number of anilines is 1. The standard InChI is InChI=1S/C27H28N2O4S/c1-18-7-2-5-11-22(18)26(27(31)28-19-8-3-4-9-19)29(25(30)16-21-10-6-14-34-21)20-12-13-23-24(15-20)33-17-32-23/h2,5-7,10-15,19,26H,3-4,8-9,16-17H2,1H3,(H,28,31). The summed E-state index contributed by atoms with van der Waals surface area (Å²) in [5.74, 6) is 0.915. The molecule has 0 spiro atoms. The van der Waals surface area contributed by atoms with Gasteiger partial charge in [0.2, 0.25) is 18.6 Å². The third kappa shape index (κ3) is 4.66. The van der Waals surface area contributed by atoms with Crippen LogP contribution in [0.5, 0.6) is 11.5 Å². The van der Waals surface area contributed by atoms with E-state index >= 15 is 0 Å². The number of carbonyl (C=O) groups is 2. The average Bonchev–Trinajstić information content (AvgIpc) is 3.60. The molecular weight excluding hydrogens is 448 g/mol. The van der Waals surface area contributed by atoms with Crippen LogP contribution in [0.1, 0.15) is 47.7 Å². The monoisotopic (exact) mass is 476 g/mol. The molecule has 2 amide bonds. The van der Waals surface area contributed by atoms with Crippen LogP contribution >= 0.6 is 11.3 Å². The maximum Gasteiger partial charge on any atom is 0.248 e. The van der Waals surface area contributed by atoms with Crippen LogP contribution in [0, 0.1) is 6.92 Å². The van der Waals surface area contributed by atoms with Gasteiger partial charge in [-0.1, -0.05) is 43.2 Å². The van der Waals surface area contributed by atoms with E-state index in [-0.39, 0.29) is 31.1 Å². The Labute approximate surface area is 203 Å². The molecule has 2 heterocycles. The second-order valence-corrected chi connectivity index (χ2v) is 9.84. The van der Waals surface area contributed by atoms with Gasteiger partial charge in [-0.15, -0.1) is 11.3 Å². The molecule has 7 heteroatoms. The molecule has 1 atom stereocenters. The van der Waals surface area contributed by atoms with E-state index in [0.717, 1.165) is 41.7 Å². The number of hydrogen-bond donors (Lipinski definition) is 1. The maximum absolute atomic E-state index is 13.9. The normalized spacial score (nSPS) is 15.8. The Hall–Kier alpha value is -3.32. The highest BCUT2D eigenvalue weighted by Crippen LogP contribution is 2.39. The zero-order chi connectivity index (χ0) is 23.5. The zero-order valence-corrected chi connectivity index (χ0v) is 20.0. The fourth-order valence-electron chi connectivity index (χ4n) is 4.76. The van der Waals surface area contributed by atoms with Crippen LogP contribution in [0.2, 0.25) is 0 Å². The summed E-state index contributed by atoms with van der Waals surface area (Å²) in [5.41, 5.74) is 2.39. The minimum Gasteiger partial charge on any atom is -0.454 e. The fourth-order valence-corrected chi connectivity index (χ4v) is 5.46. The minimum absolute atomic E-state index is 0.142. The number of fused-ring (bicyclic) bond motifs is 1. The van der Waals surface area contributed by atoms with Crippen LogP contribution in [0.3, 0.4) is 0 Å². The van der Waals surface area contributed by atoms with Crippen molar-refractivity contribution in [3.8, 4) is 11.5 Å². The molecule has 1 unspecified atom stereocenters. The Bertz CT molecular complexity index is 1170. The fraction of sp³-hybridized carbons (Fsp3) is 0.333. The predicted octanol–water partition coefficient (Wildman–Crippen LogP) is 5.16. The summed E-state index contributed by atoms with van der Waals surface area (Å²) in [4.78, 5) is 30.3. The summed E-state index contributed by atoms with van der Waals surface area (Å²) < 4.78 is 11.1. The van der Waals surface area contributed by atoms with Crippen molar-refractivity contribution in [2.45, 2.75) is 51.1 Å². The van der Waals surface area contributed by atoms with Gasteiger partial charge in [0.15, 0.2) is 11.5 Å². The Morgan fingerprint density at radius 3 is 2.62 bits per heavy atom. The van der Waals surface area contributed by atoms with E-state index in [9.17, 15) is 9.59 Å².